The Labute approximate surface area is 449 Å². The van der Waals surface area contributed by atoms with Crippen molar-refractivity contribution >= 4 is 11.9 Å². The van der Waals surface area contributed by atoms with E-state index in [0.29, 0.717) is 50.0 Å². The Hall–Kier alpha value is -3.03. The van der Waals surface area contributed by atoms with Crippen LogP contribution in [0.25, 0.3) is 0 Å². The average molecular weight is 1080 g/mol. The number of aliphatic hydroxyl groups excluding tert-OH is 3. The molecular formula is C55H93FN6O14. The maximum atomic E-state index is 14.9. The van der Waals surface area contributed by atoms with Gasteiger partial charge in [0.2, 0.25) is 5.91 Å². The topological polar surface area (TPSA) is 249 Å². The van der Waals surface area contributed by atoms with E-state index in [0.717, 1.165) is 18.4 Å². The van der Waals surface area contributed by atoms with Crippen LogP contribution in [-0.2, 0) is 49.2 Å². The molecule has 0 aromatic carbocycles. The van der Waals surface area contributed by atoms with Crippen molar-refractivity contribution in [1.29, 1.82) is 0 Å². The van der Waals surface area contributed by atoms with Gasteiger partial charge in [-0.05, 0) is 119 Å². The van der Waals surface area contributed by atoms with Crippen LogP contribution in [0.1, 0.15) is 132 Å². The van der Waals surface area contributed by atoms with Gasteiger partial charge in [0.05, 0.1) is 47.2 Å². The Balaban J connectivity index is 1.24. The standard InChI is InChI=1S/C55H93FN6O14/c1-15-42-55(10,69)47(64)34(6)61(12)28-30(2)25-53(8,68)49(32(4)45(33(5)51(67)74-42)75-43-26-54(9,71-14)48(65)35(7)73-43)76-52-44(63)40(24-31(3)72-52)60(11)23-22-39-29-62(59-58-39)41(27-56)46(70-13)36-16-18-37(19-17-36)50(66)57-38-20-21-38/h16,18,29-35,38,40-49,52,63-65,68-69H,15,17,19-28H2,1-14H3,(H,57,66)/t30-,31-,32+,33-,34-,35+,40+,41-,42-,43+,44-,45+,46-,47-,48+,49-,52+,53-,54-,55-/m1/s1. The second kappa shape index (κ2) is 26.0. The molecule has 0 bridgehead atoms. The number of alkyl halides is 1. The van der Waals surface area contributed by atoms with Gasteiger partial charge in [0.25, 0.3) is 0 Å². The summed E-state index contributed by atoms with van der Waals surface area (Å²) in [5, 5.41) is 71.6. The third-order valence-electron chi connectivity index (χ3n) is 17.2. The highest BCUT2D eigenvalue weighted by Crippen LogP contribution is 2.41. The van der Waals surface area contributed by atoms with E-state index in [2.05, 4.69) is 15.6 Å². The molecule has 21 heteroatoms. The monoisotopic (exact) mass is 1080 g/mol. The maximum absolute atomic E-state index is 14.9. The van der Waals surface area contributed by atoms with Crippen LogP contribution in [-0.4, -0.2) is 213 Å². The first-order valence-electron chi connectivity index (χ1n) is 27.7. The lowest BCUT2D eigenvalue weighted by molar-refractivity contribution is -0.318. The van der Waals surface area contributed by atoms with E-state index in [4.69, 9.17) is 33.2 Å². The number of nitrogens with zero attached hydrogens (tertiary/aromatic N) is 5. The molecule has 20 atom stereocenters. The summed E-state index contributed by atoms with van der Waals surface area (Å²) in [7, 11) is 6.73. The molecule has 1 aromatic rings. The van der Waals surface area contributed by atoms with Crippen molar-refractivity contribution in [2.45, 2.75) is 236 Å². The normalized spacial score (nSPS) is 40.5. The molecule has 1 saturated carbocycles. The molecular weight excluding hydrogens is 988 g/mol. The zero-order valence-electron chi connectivity index (χ0n) is 47.6. The van der Waals surface area contributed by atoms with Crippen molar-refractivity contribution in [2.24, 2.45) is 17.8 Å². The molecule has 0 unspecified atom stereocenters. The number of esters is 1. The van der Waals surface area contributed by atoms with Gasteiger partial charge in [0.15, 0.2) is 12.6 Å². The maximum Gasteiger partial charge on any atom is 0.311 e. The smallest absolute Gasteiger partial charge is 0.311 e. The number of ether oxygens (including phenoxy) is 7. The number of hydrogen-bond donors (Lipinski definition) is 6. The Morgan fingerprint density at radius 3 is 2.30 bits per heavy atom. The van der Waals surface area contributed by atoms with Crippen molar-refractivity contribution in [3.05, 3.63) is 35.2 Å². The molecule has 3 saturated heterocycles. The molecule has 1 aromatic heterocycles. The summed E-state index contributed by atoms with van der Waals surface area (Å²) in [4.78, 5) is 31.1. The second-order valence-corrected chi connectivity index (χ2v) is 23.7. The highest BCUT2D eigenvalue weighted by molar-refractivity contribution is 5.94. The van der Waals surface area contributed by atoms with Gasteiger partial charge in [0.1, 0.15) is 48.8 Å². The quantitative estimate of drug-likeness (QED) is 0.122. The van der Waals surface area contributed by atoms with Gasteiger partial charge in [-0.1, -0.05) is 38.1 Å². The van der Waals surface area contributed by atoms with Crippen LogP contribution < -0.4 is 5.32 Å². The summed E-state index contributed by atoms with van der Waals surface area (Å²) in [5.74, 6) is -2.96. The highest BCUT2D eigenvalue weighted by Gasteiger charge is 2.53. The number of cyclic esters (lactones) is 1. The zero-order valence-corrected chi connectivity index (χ0v) is 47.6. The van der Waals surface area contributed by atoms with Crippen molar-refractivity contribution in [2.75, 3.05) is 48.1 Å². The van der Waals surface area contributed by atoms with Crippen LogP contribution in [0.4, 0.5) is 4.39 Å². The van der Waals surface area contributed by atoms with E-state index in [-0.39, 0.29) is 37.1 Å². The van der Waals surface area contributed by atoms with E-state index < -0.39 is 127 Å². The number of amides is 1. The average Bonchev–Trinajstić information content (AvgIpc) is 4.08. The lowest BCUT2D eigenvalue weighted by atomic mass is 9.77. The number of halogens is 1. The summed E-state index contributed by atoms with van der Waals surface area (Å²) in [6.45, 7) is 17.5. The summed E-state index contributed by atoms with van der Waals surface area (Å²) < 4.78 is 60.6. The van der Waals surface area contributed by atoms with Gasteiger partial charge < -0.3 is 73.8 Å². The predicted octanol–water partition coefficient (Wildman–Crippen LogP) is 3.56. The van der Waals surface area contributed by atoms with Crippen LogP contribution in [0, 0.1) is 17.8 Å². The zero-order chi connectivity index (χ0) is 56.2. The Kier molecular flexibility index (Phi) is 21.3. The number of rotatable bonds is 17. The highest BCUT2D eigenvalue weighted by atomic mass is 19.1. The lowest BCUT2D eigenvalue weighted by Crippen LogP contribution is -2.61. The summed E-state index contributed by atoms with van der Waals surface area (Å²) in [5.41, 5.74) is -2.45. The molecule has 20 nitrogen and oxygen atoms in total. The summed E-state index contributed by atoms with van der Waals surface area (Å²) in [6, 6.07) is -1.64. The van der Waals surface area contributed by atoms with Gasteiger partial charge in [-0.2, -0.15) is 0 Å². The number of aromatic nitrogens is 3. The predicted molar refractivity (Wildman–Crippen MR) is 279 cm³/mol. The third-order valence-corrected chi connectivity index (χ3v) is 17.2. The van der Waals surface area contributed by atoms with E-state index in [1.54, 1.807) is 60.7 Å². The van der Waals surface area contributed by atoms with E-state index >= 15 is 0 Å². The van der Waals surface area contributed by atoms with Gasteiger partial charge in [0, 0.05) is 76.0 Å². The first-order valence-corrected chi connectivity index (χ1v) is 27.7. The van der Waals surface area contributed by atoms with Gasteiger partial charge >= 0.3 is 5.97 Å². The van der Waals surface area contributed by atoms with Crippen molar-refractivity contribution in [1.82, 2.24) is 30.1 Å². The van der Waals surface area contributed by atoms with Crippen molar-refractivity contribution < 1.29 is 72.7 Å². The fraction of sp³-hybridized carbons (Fsp3) is 0.855. The molecule has 3 aliphatic heterocycles. The second-order valence-electron chi connectivity index (χ2n) is 23.7. The minimum absolute atomic E-state index is 0.0625. The van der Waals surface area contributed by atoms with Gasteiger partial charge in [-0.15, -0.1) is 5.10 Å². The molecule has 2 aliphatic carbocycles. The third kappa shape index (κ3) is 14.5. The molecule has 4 fully saturated rings. The van der Waals surface area contributed by atoms with Gasteiger partial charge in [-0.3, -0.25) is 9.59 Å². The van der Waals surface area contributed by atoms with E-state index in [9.17, 15) is 39.5 Å². The molecule has 76 heavy (non-hydrogen) atoms. The minimum atomic E-state index is -1.86. The molecule has 6 rings (SSSR count). The number of likely N-dealkylation sites (N-methyl/N-ethyl adjacent to an activating group) is 2. The molecule has 4 heterocycles. The largest absolute Gasteiger partial charge is 0.459 e. The van der Waals surface area contributed by atoms with Crippen LogP contribution in [0.5, 0.6) is 0 Å². The number of carbonyl (C=O) groups excluding carboxylic acids is 2. The number of aliphatic hydroxyl groups is 5. The Morgan fingerprint density at radius 2 is 1.70 bits per heavy atom. The van der Waals surface area contributed by atoms with Crippen LogP contribution >= 0.6 is 0 Å². The van der Waals surface area contributed by atoms with E-state index in [1.807, 2.05) is 43.8 Å². The first kappa shape index (κ1) is 62.2. The minimum Gasteiger partial charge on any atom is -0.459 e. The number of allylic oxidation sites excluding steroid dienone is 2. The fourth-order valence-corrected chi connectivity index (χ4v) is 12.1. The molecule has 434 valence electrons. The van der Waals surface area contributed by atoms with Crippen LogP contribution in [0.3, 0.4) is 0 Å². The fourth-order valence-electron chi connectivity index (χ4n) is 12.1. The SMILES string of the molecule is CC[C@H]1OC(=O)[C@H](C)[C@@H](O[C@H]2C[C@@](C)(OC)[C@@H](O)[C@H](C)O2)[C@H](C)[C@@H](O[C@@H]2O[C@H](C)C[C@H](N(C)CCc3cn([C@H](CF)[C@H](OC)C4=CC=C(C(=O)NC5CC5)CC4)nn3)[C@H]2O)[C@](C)(O)C[C@@H](C)CN(C)[C@H](C)[C@@H](O)[C@]1(C)O. The Bertz CT molecular complexity index is 2130. The number of hydrogen-bond acceptors (Lipinski definition) is 18. The van der Waals surface area contributed by atoms with Gasteiger partial charge in [-0.25, -0.2) is 9.07 Å². The number of nitrogens with one attached hydrogen (secondary N) is 1. The van der Waals surface area contributed by atoms with Crippen molar-refractivity contribution in [3.63, 3.8) is 0 Å². The first-order chi connectivity index (χ1) is 35.7. The number of methoxy groups -OCH3 is 2. The Morgan fingerprint density at radius 1 is 1.00 bits per heavy atom. The lowest BCUT2D eigenvalue weighted by Gasteiger charge is -2.49. The molecule has 6 N–H and O–H groups in total. The van der Waals surface area contributed by atoms with E-state index in [1.165, 1.54) is 25.8 Å². The molecule has 1 amide bonds. The van der Waals surface area contributed by atoms with Crippen molar-refractivity contribution in [3.8, 4) is 0 Å². The molecule has 0 spiro atoms. The van der Waals surface area contributed by atoms with Crippen LogP contribution in [0.2, 0.25) is 0 Å². The number of carbonyl (C=O) groups is 2. The molecule has 5 aliphatic rings. The molecule has 0 radical (unpaired) electrons. The van der Waals surface area contributed by atoms with Crippen LogP contribution in [0.15, 0.2) is 29.5 Å². The summed E-state index contributed by atoms with van der Waals surface area (Å²) in [6.07, 6.45) is -1.34. The summed E-state index contributed by atoms with van der Waals surface area (Å²) >= 11 is 0.